The molecule has 3 N–H and O–H groups in total. The van der Waals surface area contributed by atoms with Crippen LogP contribution in [0.3, 0.4) is 0 Å². The quantitative estimate of drug-likeness (QED) is 0.890. The number of halogens is 3. The van der Waals surface area contributed by atoms with Gasteiger partial charge < -0.3 is 11.1 Å². The number of rotatable bonds is 3. The number of carbonyl (C=O) groups excluding carboxylic acids is 1. The predicted molar refractivity (Wildman–Crippen MR) is 84.7 cm³/mol. The van der Waals surface area contributed by atoms with Crippen LogP contribution in [-0.2, 0) is 4.79 Å². The second-order valence-electron chi connectivity index (χ2n) is 6.20. The van der Waals surface area contributed by atoms with Gasteiger partial charge in [0.15, 0.2) is 0 Å². The molecule has 3 nitrogen and oxygen atoms in total. The van der Waals surface area contributed by atoms with Crippen molar-refractivity contribution < 1.29 is 13.6 Å². The Balaban J connectivity index is 0.00000242. The van der Waals surface area contributed by atoms with E-state index in [9.17, 15) is 13.6 Å². The van der Waals surface area contributed by atoms with E-state index in [2.05, 4.69) is 5.32 Å². The average molecular weight is 333 g/mol. The van der Waals surface area contributed by atoms with Crippen LogP contribution in [0.5, 0.6) is 0 Å². The van der Waals surface area contributed by atoms with E-state index in [0.29, 0.717) is 0 Å². The van der Waals surface area contributed by atoms with Gasteiger partial charge in [-0.3, -0.25) is 4.79 Å². The maximum atomic E-state index is 13.7. The van der Waals surface area contributed by atoms with Gasteiger partial charge in [-0.2, -0.15) is 0 Å². The zero-order valence-corrected chi connectivity index (χ0v) is 13.7. The molecule has 0 radical (unpaired) electrons. The molecule has 0 aromatic heterocycles. The van der Waals surface area contributed by atoms with Gasteiger partial charge in [0, 0.05) is 17.2 Å². The minimum absolute atomic E-state index is 0. The molecule has 1 aliphatic rings. The first-order chi connectivity index (χ1) is 9.81. The maximum absolute atomic E-state index is 13.7. The summed E-state index contributed by atoms with van der Waals surface area (Å²) in [5.74, 6) is -1.70. The second kappa shape index (κ2) is 7.38. The van der Waals surface area contributed by atoms with Crippen LogP contribution in [0, 0.1) is 17.6 Å². The lowest BCUT2D eigenvalue weighted by Crippen LogP contribution is -2.53. The summed E-state index contributed by atoms with van der Waals surface area (Å²) >= 11 is 0. The SMILES string of the molecule is C[C@@H](NC(=O)C1CCCCC1(C)N)c1ccc(F)cc1F.Cl. The van der Waals surface area contributed by atoms with Crippen LogP contribution in [0.15, 0.2) is 18.2 Å². The van der Waals surface area contributed by atoms with Crippen molar-refractivity contribution in [1.29, 1.82) is 0 Å². The molecule has 0 saturated heterocycles. The summed E-state index contributed by atoms with van der Waals surface area (Å²) in [6.45, 7) is 3.57. The van der Waals surface area contributed by atoms with Crippen molar-refractivity contribution in [2.24, 2.45) is 11.7 Å². The van der Waals surface area contributed by atoms with Crippen molar-refractivity contribution in [3.05, 3.63) is 35.4 Å². The molecule has 1 aromatic rings. The van der Waals surface area contributed by atoms with Crippen molar-refractivity contribution >= 4 is 18.3 Å². The third kappa shape index (κ3) is 4.17. The lowest BCUT2D eigenvalue weighted by atomic mass is 9.74. The number of amides is 1. The van der Waals surface area contributed by atoms with Crippen LogP contribution in [0.2, 0.25) is 0 Å². The third-order valence-electron chi connectivity index (χ3n) is 4.36. The van der Waals surface area contributed by atoms with Crippen LogP contribution in [0.4, 0.5) is 8.78 Å². The molecule has 124 valence electrons. The Kier molecular flexibility index (Phi) is 6.32. The smallest absolute Gasteiger partial charge is 0.225 e. The van der Waals surface area contributed by atoms with E-state index in [0.717, 1.165) is 31.7 Å². The van der Waals surface area contributed by atoms with E-state index in [-0.39, 0.29) is 29.8 Å². The first-order valence-electron chi connectivity index (χ1n) is 7.35. The summed E-state index contributed by atoms with van der Waals surface area (Å²) in [6.07, 6.45) is 3.56. The van der Waals surface area contributed by atoms with Crippen LogP contribution >= 0.6 is 12.4 Å². The third-order valence-corrected chi connectivity index (χ3v) is 4.36. The highest BCUT2D eigenvalue weighted by Gasteiger charge is 2.38. The molecule has 1 aliphatic carbocycles. The number of nitrogens with two attached hydrogens (primary N) is 1. The molecule has 1 fully saturated rings. The van der Waals surface area contributed by atoms with Crippen molar-refractivity contribution in [3.63, 3.8) is 0 Å². The fourth-order valence-electron chi connectivity index (χ4n) is 3.03. The van der Waals surface area contributed by atoms with E-state index >= 15 is 0 Å². The zero-order chi connectivity index (χ0) is 15.6. The van der Waals surface area contributed by atoms with Crippen LogP contribution in [-0.4, -0.2) is 11.4 Å². The van der Waals surface area contributed by atoms with Gasteiger partial charge >= 0.3 is 0 Å². The molecule has 1 aromatic carbocycles. The molecule has 0 aliphatic heterocycles. The second-order valence-corrected chi connectivity index (χ2v) is 6.20. The van der Waals surface area contributed by atoms with Crippen molar-refractivity contribution in [2.75, 3.05) is 0 Å². The maximum Gasteiger partial charge on any atom is 0.225 e. The standard InChI is InChI=1S/C16H22F2N2O.ClH/c1-10(12-7-6-11(17)9-14(12)18)20-15(21)13-5-3-4-8-16(13,2)19;/h6-7,9-10,13H,3-5,8,19H2,1-2H3,(H,20,21);1H/t10-,13?,16?;/m1./s1. The van der Waals surface area contributed by atoms with E-state index in [1.807, 2.05) is 6.92 Å². The van der Waals surface area contributed by atoms with Crippen LogP contribution in [0.1, 0.15) is 51.1 Å². The minimum atomic E-state index is -0.651. The Morgan fingerprint density at radius 1 is 1.41 bits per heavy atom. The van der Waals surface area contributed by atoms with Crippen molar-refractivity contribution in [2.45, 2.75) is 51.1 Å². The molecule has 1 saturated carbocycles. The summed E-state index contributed by atoms with van der Waals surface area (Å²) in [5.41, 5.74) is 5.96. The van der Waals surface area contributed by atoms with Crippen LogP contribution in [0.25, 0.3) is 0 Å². The van der Waals surface area contributed by atoms with Gasteiger partial charge in [-0.25, -0.2) is 8.78 Å². The fraction of sp³-hybridized carbons (Fsp3) is 0.562. The highest BCUT2D eigenvalue weighted by Crippen LogP contribution is 2.32. The van der Waals surface area contributed by atoms with Gasteiger partial charge in [-0.05, 0) is 32.8 Å². The Morgan fingerprint density at radius 3 is 2.68 bits per heavy atom. The summed E-state index contributed by atoms with van der Waals surface area (Å²) in [5, 5.41) is 2.80. The summed E-state index contributed by atoms with van der Waals surface area (Å²) < 4.78 is 26.7. The Hall–Kier alpha value is -1.20. The number of benzene rings is 1. The van der Waals surface area contributed by atoms with Gasteiger partial charge in [-0.15, -0.1) is 12.4 Å². The molecular weight excluding hydrogens is 310 g/mol. The molecule has 1 amide bonds. The monoisotopic (exact) mass is 332 g/mol. The molecule has 22 heavy (non-hydrogen) atoms. The normalized spacial score (nSPS) is 26.0. The van der Waals surface area contributed by atoms with E-state index in [4.69, 9.17) is 5.73 Å². The first kappa shape index (κ1) is 18.8. The Bertz CT molecular complexity index is 537. The average Bonchev–Trinajstić information content (AvgIpc) is 2.37. The number of nitrogens with one attached hydrogen (secondary N) is 1. The molecule has 0 spiro atoms. The Labute approximate surface area is 136 Å². The highest BCUT2D eigenvalue weighted by atomic mass is 35.5. The van der Waals surface area contributed by atoms with Gasteiger partial charge in [-0.1, -0.05) is 18.9 Å². The lowest BCUT2D eigenvalue weighted by Gasteiger charge is -2.37. The molecule has 6 heteroatoms. The Morgan fingerprint density at radius 2 is 2.09 bits per heavy atom. The van der Waals surface area contributed by atoms with E-state index in [1.165, 1.54) is 12.1 Å². The molecular formula is C16H23ClF2N2O. The van der Waals surface area contributed by atoms with E-state index < -0.39 is 23.2 Å². The molecule has 2 unspecified atom stereocenters. The lowest BCUT2D eigenvalue weighted by molar-refractivity contribution is -0.128. The number of hydrogen-bond acceptors (Lipinski definition) is 2. The fourth-order valence-corrected chi connectivity index (χ4v) is 3.03. The van der Waals surface area contributed by atoms with Crippen molar-refractivity contribution in [1.82, 2.24) is 5.32 Å². The topological polar surface area (TPSA) is 55.1 Å². The predicted octanol–water partition coefficient (Wildman–Crippen LogP) is 3.47. The largest absolute Gasteiger partial charge is 0.349 e. The molecule has 0 heterocycles. The van der Waals surface area contributed by atoms with Crippen molar-refractivity contribution in [3.8, 4) is 0 Å². The first-order valence-corrected chi connectivity index (χ1v) is 7.35. The number of hydrogen-bond donors (Lipinski definition) is 2. The summed E-state index contributed by atoms with van der Waals surface area (Å²) in [7, 11) is 0. The zero-order valence-electron chi connectivity index (χ0n) is 12.9. The van der Waals surface area contributed by atoms with Gasteiger partial charge in [0.25, 0.3) is 0 Å². The van der Waals surface area contributed by atoms with E-state index in [1.54, 1.807) is 6.92 Å². The summed E-state index contributed by atoms with van der Waals surface area (Å²) in [4.78, 5) is 12.4. The molecule has 2 rings (SSSR count). The highest BCUT2D eigenvalue weighted by molar-refractivity contribution is 5.85. The molecule has 0 bridgehead atoms. The minimum Gasteiger partial charge on any atom is -0.349 e. The molecule has 3 atom stereocenters. The van der Waals surface area contributed by atoms with Crippen LogP contribution < -0.4 is 11.1 Å². The van der Waals surface area contributed by atoms with Gasteiger partial charge in [0.05, 0.1) is 12.0 Å². The van der Waals surface area contributed by atoms with Gasteiger partial charge in [0.1, 0.15) is 11.6 Å². The number of carbonyl (C=O) groups is 1. The summed E-state index contributed by atoms with van der Waals surface area (Å²) in [6, 6.07) is 2.86. The van der Waals surface area contributed by atoms with Gasteiger partial charge in [0.2, 0.25) is 5.91 Å².